The molecule has 3 aromatic rings. The molecule has 2 aliphatic heterocycles. The maximum absolute atomic E-state index is 13.0. The van der Waals surface area contributed by atoms with Crippen molar-refractivity contribution in [2.45, 2.75) is 23.7 Å². The topological polar surface area (TPSA) is 85.8 Å². The van der Waals surface area contributed by atoms with E-state index in [0.29, 0.717) is 26.3 Å². The molecule has 33 heavy (non-hydrogen) atoms. The fraction of sp³-hybridized carbons (Fsp3) is 0.333. The number of carbonyl (C=O) groups excluding carboxylic acids is 1. The zero-order chi connectivity index (χ0) is 23.0. The van der Waals surface area contributed by atoms with Gasteiger partial charge in [-0.15, -0.1) is 11.3 Å². The number of carbonyl (C=O) groups is 1. The highest BCUT2D eigenvalue weighted by atomic mass is 32.2. The fourth-order valence-corrected chi connectivity index (χ4v) is 6.16. The average molecular weight is 485 g/mol. The van der Waals surface area contributed by atoms with Crippen LogP contribution in [0.15, 0.2) is 52.7 Å². The lowest BCUT2D eigenvalue weighted by atomic mass is 9.97. The summed E-state index contributed by atoms with van der Waals surface area (Å²) >= 11 is 1.63. The molecule has 3 heterocycles. The van der Waals surface area contributed by atoms with Gasteiger partial charge in [0.1, 0.15) is 13.2 Å². The van der Waals surface area contributed by atoms with Gasteiger partial charge in [0.15, 0.2) is 21.3 Å². The summed E-state index contributed by atoms with van der Waals surface area (Å²) in [5, 5.41) is 3.11. The van der Waals surface area contributed by atoms with Crippen molar-refractivity contribution in [3.63, 3.8) is 0 Å². The van der Waals surface area contributed by atoms with Crippen molar-refractivity contribution < 1.29 is 22.7 Å². The van der Waals surface area contributed by atoms with E-state index in [9.17, 15) is 13.2 Å². The van der Waals surface area contributed by atoms with Crippen LogP contribution in [-0.2, 0) is 9.84 Å². The molecule has 0 N–H and O–H groups in total. The molecule has 1 fully saturated rings. The van der Waals surface area contributed by atoms with Crippen LogP contribution in [-0.4, -0.2) is 56.8 Å². The predicted octanol–water partition coefficient (Wildman–Crippen LogP) is 4.00. The Morgan fingerprint density at radius 2 is 1.79 bits per heavy atom. The van der Waals surface area contributed by atoms with E-state index in [-0.39, 0.29) is 22.3 Å². The number of thiazole rings is 1. The van der Waals surface area contributed by atoms with Gasteiger partial charge in [-0.05, 0) is 43.2 Å². The third-order valence-electron chi connectivity index (χ3n) is 6.01. The molecule has 2 aromatic carbocycles. The molecule has 1 saturated heterocycles. The molecule has 9 heteroatoms. The summed E-state index contributed by atoms with van der Waals surface area (Å²) in [4.78, 5) is 19.7. The predicted molar refractivity (Wildman–Crippen MR) is 126 cm³/mol. The van der Waals surface area contributed by atoms with Crippen LogP contribution in [0.1, 0.15) is 34.1 Å². The summed E-state index contributed by atoms with van der Waals surface area (Å²) in [6.45, 7) is 2.25. The van der Waals surface area contributed by atoms with Gasteiger partial charge in [0.25, 0.3) is 5.91 Å². The van der Waals surface area contributed by atoms with E-state index in [1.165, 1.54) is 6.07 Å². The molecule has 0 radical (unpaired) electrons. The minimum atomic E-state index is -3.47. The third kappa shape index (κ3) is 4.47. The Morgan fingerprint density at radius 3 is 2.55 bits per heavy atom. The van der Waals surface area contributed by atoms with Gasteiger partial charge in [-0.25, -0.2) is 13.4 Å². The normalized spacial score (nSPS) is 16.6. The van der Waals surface area contributed by atoms with Crippen LogP contribution in [0.5, 0.6) is 11.5 Å². The number of likely N-dealkylation sites (tertiary alicyclic amines) is 1. The van der Waals surface area contributed by atoms with Crippen molar-refractivity contribution in [2.24, 2.45) is 0 Å². The highest BCUT2D eigenvalue weighted by Crippen LogP contribution is 2.37. The molecule has 0 unspecified atom stereocenters. The third-order valence-corrected chi connectivity index (χ3v) is 8.17. The number of ether oxygens (including phenoxy) is 2. The zero-order valence-electron chi connectivity index (χ0n) is 18.2. The molecule has 0 saturated carbocycles. The largest absolute Gasteiger partial charge is 0.486 e. The highest BCUT2D eigenvalue weighted by Gasteiger charge is 2.29. The van der Waals surface area contributed by atoms with E-state index in [1.54, 1.807) is 34.4 Å². The molecule has 0 aliphatic carbocycles. The minimum Gasteiger partial charge on any atom is -0.486 e. The molecule has 0 atom stereocenters. The number of amides is 1. The number of hydrogen-bond donors (Lipinski definition) is 0. The minimum absolute atomic E-state index is 0.0844. The second kappa shape index (κ2) is 8.79. The van der Waals surface area contributed by atoms with E-state index in [0.717, 1.165) is 46.9 Å². The van der Waals surface area contributed by atoms with Gasteiger partial charge < -0.3 is 14.4 Å². The molecule has 2 aliphatic rings. The van der Waals surface area contributed by atoms with Crippen LogP contribution in [0.3, 0.4) is 0 Å². The monoisotopic (exact) mass is 484 g/mol. The van der Waals surface area contributed by atoms with E-state index in [1.807, 2.05) is 18.2 Å². The van der Waals surface area contributed by atoms with Gasteiger partial charge in [-0.1, -0.05) is 12.1 Å². The van der Waals surface area contributed by atoms with E-state index < -0.39 is 9.84 Å². The van der Waals surface area contributed by atoms with Crippen molar-refractivity contribution in [2.75, 3.05) is 32.6 Å². The van der Waals surface area contributed by atoms with Crippen molar-refractivity contribution in [1.29, 1.82) is 0 Å². The summed E-state index contributed by atoms with van der Waals surface area (Å²) < 4.78 is 35.4. The Labute approximate surface area is 196 Å². The molecule has 172 valence electrons. The van der Waals surface area contributed by atoms with Gasteiger partial charge in [0.2, 0.25) is 0 Å². The number of fused-ring (bicyclic) bond motifs is 1. The Kier molecular flexibility index (Phi) is 5.84. The van der Waals surface area contributed by atoms with Crippen molar-refractivity contribution in [3.05, 3.63) is 58.4 Å². The van der Waals surface area contributed by atoms with Crippen LogP contribution in [0.4, 0.5) is 0 Å². The molecule has 1 aromatic heterocycles. The Bertz CT molecular complexity index is 1290. The first-order chi connectivity index (χ1) is 15.9. The SMILES string of the molecule is CS(=O)(=O)c1ccccc1C(=O)N1CCC(c2nc(-c3ccc4c(c3)OCCO4)cs2)CC1. The first-order valence-electron chi connectivity index (χ1n) is 10.8. The van der Waals surface area contributed by atoms with Crippen LogP contribution in [0, 0.1) is 0 Å². The smallest absolute Gasteiger partial charge is 0.255 e. The lowest BCUT2D eigenvalue weighted by Crippen LogP contribution is -2.38. The number of benzene rings is 2. The van der Waals surface area contributed by atoms with Gasteiger partial charge in [0.05, 0.1) is 21.2 Å². The van der Waals surface area contributed by atoms with Gasteiger partial charge in [0, 0.05) is 36.2 Å². The zero-order valence-corrected chi connectivity index (χ0v) is 19.8. The van der Waals surface area contributed by atoms with E-state index in [4.69, 9.17) is 14.5 Å². The van der Waals surface area contributed by atoms with Crippen molar-refractivity contribution >= 4 is 27.1 Å². The number of rotatable bonds is 4. The van der Waals surface area contributed by atoms with E-state index in [2.05, 4.69) is 5.38 Å². The van der Waals surface area contributed by atoms with Crippen LogP contribution in [0.2, 0.25) is 0 Å². The van der Waals surface area contributed by atoms with Crippen LogP contribution < -0.4 is 9.47 Å². The quantitative estimate of drug-likeness (QED) is 0.556. The highest BCUT2D eigenvalue weighted by molar-refractivity contribution is 7.90. The summed E-state index contributed by atoms with van der Waals surface area (Å²) in [6.07, 6.45) is 2.72. The van der Waals surface area contributed by atoms with Gasteiger partial charge in [-0.2, -0.15) is 0 Å². The Balaban J connectivity index is 1.27. The van der Waals surface area contributed by atoms with Crippen LogP contribution in [0.25, 0.3) is 11.3 Å². The number of nitrogens with zero attached hydrogens (tertiary/aromatic N) is 2. The lowest BCUT2D eigenvalue weighted by molar-refractivity contribution is 0.0709. The number of aromatic nitrogens is 1. The van der Waals surface area contributed by atoms with E-state index >= 15 is 0 Å². The number of sulfone groups is 1. The molecule has 0 spiro atoms. The molecule has 5 rings (SSSR count). The Morgan fingerprint density at radius 1 is 1.06 bits per heavy atom. The second-order valence-electron chi connectivity index (χ2n) is 8.26. The molecule has 1 amide bonds. The maximum Gasteiger partial charge on any atom is 0.255 e. The Hall–Kier alpha value is -2.91. The molecule has 0 bridgehead atoms. The molecular formula is C24H24N2O5S2. The van der Waals surface area contributed by atoms with Gasteiger partial charge >= 0.3 is 0 Å². The first kappa shape index (κ1) is 21.9. The summed E-state index contributed by atoms with van der Waals surface area (Å²) in [6, 6.07) is 12.3. The fourth-order valence-electron chi connectivity index (χ4n) is 4.28. The molecule has 7 nitrogen and oxygen atoms in total. The standard InChI is InChI=1S/C24H24N2O5S2/c1-33(28,29)22-5-3-2-4-18(22)24(27)26-10-8-16(9-11-26)23-25-19(15-32-23)17-6-7-20-21(14-17)31-13-12-30-20/h2-7,14-16H,8-13H2,1H3. The summed E-state index contributed by atoms with van der Waals surface area (Å²) in [7, 11) is -3.47. The maximum atomic E-state index is 13.0. The molecular weight excluding hydrogens is 460 g/mol. The first-order valence-corrected chi connectivity index (χ1v) is 13.6. The summed E-state index contributed by atoms with van der Waals surface area (Å²) in [5.74, 6) is 1.55. The number of piperidine rings is 1. The average Bonchev–Trinajstić information content (AvgIpc) is 3.33. The number of hydrogen-bond acceptors (Lipinski definition) is 7. The van der Waals surface area contributed by atoms with Crippen LogP contribution >= 0.6 is 11.3 Å². The lowest BCUT2D eigenvalue weighted by Gasteiger charge is -2.31. The van der Waals surface area contributed by atoms with Crippen molar-refractivity contribution in [3.8, 4) is 22.8 Å². The summed E-state index contributed by atoms with van der Waals surface area (Å²) in [5.41, 5.74) is 2.15. The second-order valence-corrected chi connectivity index (χ2v) is 11.1. The van der Waals surface area contributed by atoms with Gasteiger partial charge in [-0.3, -0.25) is 4.79 Å². The van der Waals surface area contributed by atoms with Crippen molar-refractivity contribution in [1.82, 2.24) is 9.88 Å².